The van der Waals surface area contributed by atoms with Crippen molar-refractivity contribution < 1.29 is 9.32 Å². The van der Waals surface area contributed by atoms with Gasteiger partial charge in [0.15, 0.2) is 5.69 Å². The highest BCUT2D eigenvalue weighted by Gasteiger charge is 2.13. The Bertz CT molecular complexity index is 1060. The van der Waals surface area contributed by atoms with Crippen molar-refractivity contribution in [3.8, 4) is 5.69 Å². The molecule has 25 heavy (non-hydrogen) atoms. The number of hydrogen-bond donors (Lipinski definition) is 1. The molecule has 0 saturated heterocycles. The van der Waals surface area contributed by atoms with E-state index in [1.807, 2.05) is 55.5 Å². The van der Waals surface area contributed by atoms with Gasteiger partial charge in [0.1, 0.15) is 11.6 Å². The fourth-order valence-corrected chi connectivity index (χ4v) is 2.85. The van der Waals surface area contributed by atoms with Gasteiger partial charge < -0.3 is 9.84 Å². The number of fused-ring (bicyclic) bond motifs is 1. The molecule has 0 radical (unpaired) electrons. The van der Waals surface area contributed by atoms with Crippen LogP contribution in [-0.2, 0) is 0 Å². The maximum atomic E-state index is 12.2. The minimum atomic E-state index is -0.310. The Morgan fingerprint density at radius 1 is 1.08 bits per heavy atom. The molecule has 0 bridgehead atoms. The number of anilines is 1. The number of para-hydroxylation sites is 1. The second kappa shape index (κ2) is 5.90. The minimum Gasteiger partial charge on any atom is -0.361 e. The van der Waals surface area contributed by atoms with Crippen LogP contribution in [0.3, 0.4) is 0 Å². The topological polar surface area (TPSA) is 73.0 Å². The van der Waals surface area contributed by atoms with Crippen molar-refractivity contribution in [2.24, 2.45) is 0 Å². The molecule has 2 aromatic heterocycles. The highest BCUT2D eigenvalue weighted by atomic mass is 16.5. The van der Waals surface area contributed by atoms with Gasteiger partial charge in [-0.2, -0.15) is 0 Å². The van der Waals surface area contributed by atoms with E-state index < -0.39 is 0 Å². The normalized spacial score (nSPS) is 11.0. The zero-order valence-corrected chi connectivity index (χ0v) is 13.9. The van der Waals surface area contributed by atoms with E-state index in [2.05, 4.69) is 20.0 Å². The number of aryl methyl sites for hydroxylation is 2. The Hall–Kier alpha value is -3.41. The van der Waals surface area contributed by atoms with Crippen molar-refractivity contribution >= 4 is 22.6 Å². The molecular formula is C19H16N4O2. The average molecular weight is 332 g/mol. The Morgan fingerprint density at radius 3 is 2.60 bits per heavy atom. The largest absolute Gasteiger partial charge is 0.361 e. The number of rotatable bonds is 3. The number of benzene rings is 2. The van der Waals surface area contributed by atoms with Crippen LogP contribution in [0.25, 0.3) is 16.7 Å². The lowest BCUT2D eigenvalue weighted by molar-refractivity contribution is 0.101. The van der Waals surface area contributed by atoms with Crippen LogP contribution in [0.4, 0.5) is 5.69 Å². The number of nitrogens with one attached hydrogen (secondary N) is 1. The zero-order chi connectivity index (χ0) is 17.4. The van der Waals surface area contributed by atoms with Gasteiger partial charge >= 0.3 is 0 Å². The van der Waals surface area contributed by atoms with Gasteiger partial charge in [0.05, 0.1) is 11.0 Å². The smallest absolute Gasteiger partial charge is 0.277 e. The molecule has 0 fully saturated rings. The van der Waals surface area contributed by atoms with Crippen LogP contribution in [0, 0.1) is 13.8 Å². The molecular weight excluding hydrogens is 316 g/mol. The third-order valence-corrected chi connectivity index (χ3v) is 3.96. The Kier molecular flexibility index (Phi) is 3.57. The van der Waals surface area contributed by atoms with Crippen molar-refractivity contribution in [2.75, 3.05) is 5.32 Å². The van der Waals surface area contributed by atoms with Gasteiger partial charge in [-0.15, -0.1) is 0 Å². The summed E-state index contributed by atoms with van der Waals surface area (Å²) >= 11 is 0. The van der Waals surface area contributed by atoms with Gasteiger partial charge in [0.2, 0.25) is 0 Å². The fraction of sp³-hybridized carbons (Fsp3) is 0.105. The lowest BCUT2D eigenvalue weighted by Gasteiger charge is -2.07. The van der Waals surface area contributed by atoms with Crippen LogP contribution in [0.2, 0.25) is 0 Å². The van der Waals surface area contributed by atoms with E-state index in [-0.39, 0.29) is 11.6 Å². The second-order valence-corrected chi connectivity index (χ2v) is 5.81. The molecule has 0 spiro atoms. The van der Waals surface area contributed by atoms with Crippen molar-refractivity contribution in [3.63, 3.8) is 0 Å². The van der Waals surface area contributed by atoms with Gasteiger partial charge in [-0.05, 0) is 44.2 Å². The highest BCUT2D eigenvalue weighted by Crippen LogP contribution is 2.24. The molecule has 0 aliphatic heterocycles. The minimum absolute atomic E-state index is 0.253. The first-order valence-corrected chi connectivity index (χ1v) is 7.91. The van der Waals surface area contributed by atoms with E-state index >= 15 is 0 Å². The Labute approximate surface area is 144 Å². The summed E-state index contributed by atoms with van der Waals surface area (Å²) in [7, 11) is 0. The van der Waals surface area contributed by atoms with Crippen LogP contribution in [0.1, 0.15) is 22.1 Å². The zero-order valence-electron chi connectivity index (χ0n) is 13.9. The molecule has 0 unspecified atom stereocenters. The molecule has 2 aromatic carbocycles. The second-order valence-electron chi connectivity index (χ2n) is 5.81. The summed E-state index contributed by atoms with van der Waals surface area (Å²) in [6.45, 7) is 3.71. The number of carbonyl (C=O) groups is 1. The lowest BCUT2D eigenvalue weighted by atomic mass is 10.2. The van der Waals surface area contributed by atoms with Crippen molar-refractivity contribution in [2.45, 2.75) is 13.8 Å². The summed E-state index contributed by atoms with van der Waals surface area (Å²) in [6.07, 6.45) is 0. The van der Waals surface area contributed by atoms with Gasteiger partial charge in [-0.25, -0.2) is 4.98 Å². The first-order valence-electron chi connectivity index (χ1n) is 7.91. The summed E-state index contributed by atoms with van der Waals surface area (Å²) in [5, 5.41) is 6.55. The molecule has 1 N–H and O–H groups in total. The predicted octanol–water partition coefficient (Wildman–Crippen LogP) is 3.88. The number of nitrogens with zero attached hydrogens (tertiary/aromatic N) is 3. The fourth-order valence-electron chi connectivity index (χ4n) is 2.85. The van der Waals surface area contributed by atoms with Crippen LogP contribution < -0.4 is 5.32 Å². The summed E-state index contributed by atoms with van der Waals surface area (Å²) in [5.74, 6) is 1.17. The SMILES string of the molecule is Cc1cc(C(=O)Nc2ccc3c(c2)nc(C)n3-c2ccccc2)no1. The van der Waals surface area contributed by atoms with E-state index in [1.165, 1.54) is 0 Å². The van der Waals surface area contributed by atoms with E-state index in [9.17, 15) is 4.79 Å². The molecule has 0 aliphatic rings. The number of carbonyl (C=O) groups excluding carboxylic acids is 1. The van der Waals surface area contributed by atoms with E-state index in [4.69, 9.17) is 4.52 Å². The Morgan fingerprint density at radius 2 is 1.88 bits per heavy atom. The maximum Gasteiger partial charge on any atom is 0.277 e. The lowest BCUT2D eigenvalue weighted by Crippen LogP contribution is -2.12. The monoisotopic (exact) mass is 332 g/mol. The van der Waals surface area contributed by atoms with E-state index in [0.717, 1.165) is 22.5 Å². The van der Waals surface area contributed by atoms with Crippen molar-refractivity contribution in [1.29, 1.82) is 0 Å². The molecule has 0 aliphatic carbocycles. The number of hydrogen-bond acceptors (Lipinski definition) is 4. The summed E-state index contributed by atoms with van der Waals surface area (Å²) in [5.41, 5.74) is 3.77. The van der Waals surface area contributed by atoms with Gasteiger partial charge in [0.25, 0.3) is 5.91 Å². The van der Waals surface area contributed by atoms with E-state index in [1.54, 1.807) is 13.0 Å². The summed E-state index contributed by atoms with van der Waals surface area (Å²) in [4.78, 5) is 16.8. The first kappa shape index (κ1) is 15.1. The molecule has 6 heteroatoms. The molecule has 4 aromatic rings. The molecule has 6 nitrogen and oxygen atoms in total. The van der Waals surface area contributed by atoms with Crippen LogP contribution in [0.15, 0.2) is 59.1 Å². The number of aromatic nitrogens is 3. The molecule has 0 saturated carbocycles. The van der Waals surface area contributed by atoms with Crippen molar-refractivity contribution in [3.05, 3.63) is 71.9 Å². The average Bonchev–Trinajstić information content (AvgIpc) is 3.18. The van der Waals surface area contributed by atoms with Gasteiger partial charge in [0, 0.05) is 17.4 Å². The van der Waals surface area contributed by atoms with Crippen LogP contribution in [-0.4, -0.2) is 20.6 Å². The van der Waals surface area contributed by atoms with Crippen LogP contribution >= 0.6 is 0 Å². The molecule has 124 valence electrons. The Balaban J connectivity index is 1.69. The highest BCUT2D eigenvalue weighted by molar-refractivity contribution is 6.03. The number of imidazole rings is 1. The van der Waals surface area contributed by atoms with Crippen molar-refractivity contribution in [1.82, 2.24) is 14.7 Å². The number of amides is 1. The molecule has 1 amide bonds. The predicted molar refractivity (Wildman–Crippen MR) is 95.0 cm³/mol. The molecule has 0 atom stereocenters. The third-order valence-electron chi connectivity index (χ3n) is 3.96. The third kappa shape index (κ3) is 2.78. The summed E-state index contributed by atoms with van der Waals surface area (Å²) in [6, 6.07) is 17.3. The van der Waals surface area contributed by atoms with Gasteiger partial charge in [-0.3, -0.25) is 9.36 Å². The van der Waals surface area contributed by atoms with Crippen LogP contribution in [0.5, 0.6) is 0 Å². The first-order chi connectivity index (χ1) is 12.1. The maximum absolute atomic E-state index is 12.2. The molecule has 4 rings (SSSR count). The van der Waals surface area contributed by atoms with Gasteiger partial charge in [-0.1, -0.05) is 23.4 Å². The quantitative estimate of drug-likeness (QED) is 0.618. The summed E-state index contributed by atoms with van der Waals surface area (Å²) < 4.78 is 7.02. The standard InChI is InChI=1S/C19H16N4O2/c1-12-10-17(22-25-12)19(24)21-14-8-9-18-16(11-14)20-13(2)23(18)15-6-4-3-5-7-15/h3-11H,1-2H3,(H,21,24). The van der Waals surface area contributed by atoms with E-state index in [0.29, 0.717) is 11.4 Å². The molecule has 2 heterocycles.